The summed E-state index contributed by atoms with van der Waals surface area (Å²) < 4.78 is 40.6. The molecule has 118 valence electrons. The molecule has 0 bridgehead atoms. The van der Waals surface area contributed by atoms with Gasteiger partial charge in [0.15, 0.2) is 0 Å². The highest BCUT2D eigenvalue weighted by molar-refractivity contribution is 5.70. The number of ether oxygens (including phenoxy) is 1. The van der Waals surface area contributed by atoms with Crippen molar-refractivity contribution in [3.8, 4) is 22.8 Å². The van der Waals surface area contributed by atoms with Crippen molar-refractivity contribution in [2.45, 2.75) is 26.3 Å². The molecule has 5 nitrogen and oxygen atoms in total. The number of hydrogen-bond acceptors (Lipinski definition) is 5. The third kappa shape index (κ3) is 4.24. The van der Waals surface area contributed by atoms with E-state index in [1.807, 2.05) is 13.8 Å². The molecule has 0 radical (unpaired) electrons. The van der Waals surface area contributed by atoms with E-state index in [4.69, 9.17) is 0 Å². The van der Waals surface area contributed by atoms with Crippen molar-refractivity contribution >= 4 is 5.82 Å². The molecule has 0 unspecified atom stereocenters. The first kappa shape index (κ1) is 15.9. The third-order valence-corrected chi connectivity index (χ3v) is 2.58. The topological polar surface area (TPSA) is 67.3 Å². The van der Waals surface area contributed by atoms with Crippen molar-refractivity contribution in [3.05, 3.63) is 30.6 Å². The lowest BCUT2D eigenvalue weighted by Crippen LogP contribution is -2.17. The molecule has 0 saturated carbocycles. The second kappa shape index (κ2) is 6.08. The SMILES string of the molecule is CC(C)Nc1cc(-c2cc(OC(F)(F)F)ccc2O)ncn1. The molecule has 0 spiro atoms. The Hall–Kier alpha value is -2.51. The van der Waals surface area contributed by atoms with Gasteiger partial charge in [-0.25, -0.2) is 9.97 Å². The first-order valence-corrected chi connectivity index (χ1v) is 6.42. The average Bonchev–Trinajstić information content (AvgIpc) is 2.39. The second-order valence-electron chi connectivity index (χ2n) is 4.81. The molecular formula is C14H14F3N3O2. The fraction of sp³-hybridized carbons (Fsp3) is 0.286. The largest absolute Gasteiger partial charge is 0.573 e. The van der Waals surface area contributed by atoms with Crippen LogP contribution in [0.5, 0.6) is 11.5 Å². The minimum atomic E-state index is -4.80. The summed E-state index contributed by atoms with van der Waals surface area (Å²) in [4.78, 5) is 7.97. The van der Waals surface area contributed by atoms with Crippen LogP contribution in [0.15, 0.2) is 30.6 Å². The van der Waals surface area contributed by atoms with Crippen molar-refractivity contribution < 1.29 is 23.0 Å². The zero-order valence-corrected chi connectivity index (χ0v) is 11.8. The van der Waals surface area contributed by atoms with Gasteiger partial charge in [0.05, 0.1) is 5.69 Å². The van der Waals surface area contributed by atoms with Gasteiger partial charge in [0, 0.05) is 17.7 Å². The Balaban J connectivity index is 2.37. The van der Waals surface area contributed by atoms with Gasteiger partial charge in [-0.05, 0) is 32.0 Å². The van der Waals surface area contributed by atoms with Gasteiger partial charge in [0.25, 0.3) is 0 Å². The van der Waals surface area contributed by atoms with E-state index in [2.05, 4.69) is 20.0 Å². The van der Waals surface area contributed by atoms with E-state index in [1.165, 1.54) is 12.4 Å². The number of hydrogen-bond donors (Lipinski definition) is 2. The predicted molar refractivity (Wildman–Crippen MR) is 74.6 cm³/mol. The van der Waals surface area contributed by atoms with Crippen LogP contribution in [0.2, 0.25) is 0 Å². The Morgan fingerprint density at radius 1 is 1.18 bits per heavy atom. The number of nitrogens with zero attached hydrogens (tertiary/aromatic N) is 2. The average molecular weight is 313 g/mol. The third-order valence-electron chi connectivity index (χ3n) is 2.58. The number of aromatic nitrogens is 2. The van der Waals surface area contributed by atoms with E-state index >= 15 is 0 Å². The normalized spacial score (nSPS) is 11.5. The highest BCUT2D eigenvalue weighted by Gasteiger charge is 2.31. The smallest absolute Gasteiger partial charge is 0.507 e. The number of aromatic hydroxyl groups is 1. The number of halogens is 3. The van der Waals surface area contributed by atoms with Crippen LogP contribution in [0, 0.1) is 0 Å². The number of rotatable bonds is 4. The molecule has 1 aromatic carbocycles. The Bertz CT molecular complexity index is 660. The van der Waals surface area contributed by atoms with Crippen LogP contribution in [-0.4, -0.2) is 27.5 Å². The number of benzene rings is 1. The maximum absolute atomic E-state index is 12.3. The molecule has 0 fully saturated rings. The quantitative estimate of drug-likeness (QED) is 0.903. The first-order chi connectivity index (χ1) is 10.2. The summed E-state index contributed by atoms with van der Waals surface area (Å²) in [6, 6.07) is 4.88. The predicted octanol–water partition coefficient (Wildman–Crippen LogP) is 3.57. The van der Waals surface area contributed by atoms with E-state index in [1.54, 1.807) is 0 Å². The van der Waals surface area contributed by atoms with Crippen LogP contribution in [0.3, 0.4) is 0 Å². The molecular weight excluding hydrogens is 299 g/mol. The molecule has 2 rings (SSSR count). The van der Waals surface area contributed by atoms with Gasteiger partial charge in [-0.2, -0.15) is 0 Å². The molecule has 0 aliphatic heterocycles. The van der Waals surface area contributed by atoms with Crippen LogP contribution < -0.4 is 10.1 Å². The molecule has 0 aliphatic carbocycles. The van der Waals surface area contributed by atoms with E-state index in [0.717, 1.165) is 18.2 Å². The molecule has 22 heavy (non-hydrogen) atoms. The highest BCUT2D eigenvalue weighted by Crippen LogP contribution is 2.34. The van der Waals surface area contributed by atoms with Crippen LogP contribution >= 0.6 is 0 Å². The van der Waals surface area contributed by atoms with Gasteiger partial charge in [-0.1, -0.05) is 0 Å². The van der Waals surface area contributed by atoms with E-state index < -0.39 is 12.1 Å². The molecule has 8 heteroatoms. The van der Waals surface area contributed by atoms with Gasteiger partial charge < -0.3 is 15.2 Å². The molecule has 2 aromatic rings. The Labute approximate surface area is 124 Å². The molecule has 0 aliphatic rings. The number of nitrogens with one attached hydrogen (secondary N) is 1. The van der Waals surface area contributed by atoms with Crippen molar-refractivity contribution in [3.63, 3.8) is 0 Å². The Morgan fingerprint density at radius 2 is 1.91 bits per heavy atom. The van der Waals surface area contributed by atoms with E-state index in [-0.39, 0.29) is 23.0 Å². The maximum Gasteiger partial charge on any atom is 0.573 e. The molecule has 0 saturated heterocycles. The molecule has 1 heterocycles. The van der Waals surface area contributed by atoms with Crippen molar-refractivity contribution in [1.29, 1.82) is 0 Å². The molecule has 0 atom stereocenters. The maximum atomic E-state index is 12.3. The standard InChI is InChI=1S/C14H14F3N3O2/c1-8(2)20-13-6-11(18-7-19-13)10-5-9(3-4-12(10)21)22-14(15,16)17/h3-8,21H,1-2H3,(H,18,19,20). The van der Waals surface area contributed by atoms with Crippen molar-refractivity contribution in [2.75, 3.05) is 5.32 Å². The van der Waals surface area contributed by atoms with Crippen LogP contribution in [0.25, 0.3) is 11.3 Å². The van der Waals surface area contributed by atoms with Gasteiger partial charge in [-0.3, -0.25) is 0 Å². The summed E-state index contributed by atoms with van der Waals surface area (Å²) in [7, 11) is 0. The number of phenolic OH excluding ortho intramolecular Hbond substituents is 1. The lowest BCUT2D eigenvalue weighted by molar-refractivity contribution is -0.274. The van der Waals surface area contributed by atoms with Gasteiger partial charge in [-0.15, -0.1) is 13.2 Å². The molecule has 2 N–H and O–H groups in total. The van der Waals surface area contributed by atoms with Gasteiger partial charge in [0.1, 0.15) is 23.6 Å². The summed E-state index contributed by atoms with van der Waals surface area (Å²) in [5.41, 5.74) is 0.402. The number of anilines is 1. The van der Waals surface area contributed by atoms with E-state index in [0.29, 0.717) is 5.82 Å². The Kier molecular flexibility index (Phi) is 4.39. The van der Waals surface area contributed by atoms with Crippen LogP contribution in [0.4, 0.5) is 19.0 Å². The summed E-state index contributed by atoms with van der Waals surface area (Å²) in [6.07, 6.45) is -3.54. The first-order valence-electron chi connectivity index (χ1n) is 6.42. The fourth-order valence-corrected chi connectivity index (χ4v) is 1.80. The zero-order chi connectivity index (χ0) is 16.3. The second-order valence-corrected chi connectivity index (χ2v) is 4.81. The summed E-state index contributed by atoms with van der Waals surface area (Å²) in [5.74, 6) is -0.137. The van der Waals surface area contributed by atoms with Crippen molar-refractivity contribution in [1.82, 2.24) is 9.97 Å². The van der Waals surface area contributed by atoms with Crippen LogP contribution in [-0.2, 0) is 0 Å². The van der Waals surface area contributed by atoms with Gasteiger partial charge in [0.2, 0.25) is 0 Å². The van der Waals surface area contributed by atoms with Crippen molar-refractivity contribution in [2.24, 2.45) is 0 Å². The number of phenols is 1. The van der Waals surface area contributed by atoms with Crippen LogP contribution in [0.1, 0.15) is 13.8 Å². The lowest BCUT2D eigenvalue weighted by Gasteiger charge is -2.12. The minimum Gasteiger partial charge on any atom is -0.507 e. The Morgan fingerprint density at radius 3 is 2.55 bits per heavy atom. The minimum absolute atomic E-state index is 0.121. The summed E-state index contributed by atoms with van der Waals surface area (Å²) in [5, 5.41) is 12.9. The molecule has 0 amide bonds. The zero-order valence-electron chi connectivity index (χ0n) is 11.8. The fourth-order valence-electron chi connectivity index (χ4n) is 1.80. The van der Waals surface area contributed by atoms with Gasteiger partial charge >= 0.3 is 6.36 Å². The molecule has 1 aromatic heterocycles. The summed E-state index contributed by atoms with van der Waals surface area (Å²) in [6.45, 7) is 3.83. The number of alkyl halides is 3. The highest BCUT2D eigenvalue weighted by atomic mass is 19.4. The van der Waals surface area contributed by atoms with E-state index in [9.17, 15) is 18.3 Å². The summed E-state index contributed by atoms with van der Waals surface area (Å²) >= 11 is 0. The monoisotopic (exact) mass is 313 g/mol. The lowest BCUT2D eigenvalue weighted by atomic mass is 10.1.